The van der Waals surface area contributed by atoms with Crippen molar-refractivity contribution >= 4 is 21.6 Å². The van der Waals surface area contributed by atoms with Crippen LogP contribution in [0, 0.1) is 0 Å². The molecule has 0 aromatic carbocycles. The summed E-state index contributed by atoms with van der Waals surface area (Å²) in [7, 11) is -1.31. The first kappa shape index (κ1) is 13.8. The molecule has 1 atom stereocenters. The van der Waals surface area contributed by atoms with Crippen LogP contribution in [-0.4, -0.2) is 43.9 Å². The molecule has 0 saturated carbocycles. The molecule has 1 aliphatic heterocycles. The van der Waals surface area contributed by atoms with E-state index in [1.54, 1.807) is 25.2 Å². The Bertz CT molecular complexity index is 571. The molecule has 104 valence electrons. The Hall–Kier alpha value is -1.63. The van der Waals surface area contributed by atoms with Gasteiger partial charge in [-0.15, -0.1) is 0 Å². The Morgan fingerprint density at radius 3 is 2.89 bits per heavy atom. The maximum absolute atomic E-state index is 11.9. The van der Waals surface area contributed by atoms with E-state index < -0.39 is 15.1 Å². The van der Waals surface area contributed by atoms with Gasteiger partial charge in [0, 0.05) is 13.6 Å². The second-order valence-electron chi connectivity index (χ2n) is 4.50. The molecule has 1 unspecified atom stereocenters. The normalized spacial score (nSPS) is 21.0. The van der Waals surface area contributed by atoms with Gasteiger partial charge in [-0.3, -0.25) is 4.79 Å². The average molecular weight is 283 g/mol. The van der Waals surface area contributed by atoms with Crippen LogP contribution in [0.3, 0.4) is 0 Å². The summed E-state index contributed by atoms with van der Waals surface area (Å²) in [4.78, 5) is 16.0. The van der Waals surface area contributed by atoms with Gasteiger partial charge in [0.2, 0.25) is 0 Å². The molecular weight excluding hydrogens is 266 g/mol. The van der Waals surface area contributed by atoms with E-state index in [4.69, 9.17) is 0 Å². The third-order valence-corrected chi connectivity index (χ3v) is 5.47. The first-order valence-corrected chi connectivity index (χ1v) is 7.89. The Morgan fingerprint density at radius 2 is 2.26 bits per heavy atom. The van der Waals surface area contributed by atoms with Crippen LogP contribution in [0.5, 0.6) is 0 Å². The number of anilines is 1. The van der Waals surface area contributed by atoms with E-state index in [-0.39, 0.29) is 23.9 Å². The van der Waals surface area contributed by atoms with Crippen molar-refractivity contribution in [1.29, 1.82) is 0 Å². The van der Waals surface area contributed by atoms with E-state index in [0.29, 0.717) is 18.7 Å². The zero-order valence-electron chi connectivity index (χ0n) is 10.7. The van der Waals surface area contributed by atoms with Crippen LogP contribution < -0.4 is 10.6 Å². The zero-order valence-corrected chi connectivity index (χ0v) is 11.5. The minimum Gasteiger partial charge on any atom is -0.373 e. The lowest BCUT2D eigenvalue weighted by molar-refractivity contribution is 0.0949. The molecule has 0 aliphatic carbocycles. The first-order valence-electron chi connectivity index (χ1n) is 6.17. The predicted molar refractivity (Wildman–Crippen MR) is 72.9 cm³/mol. The summed E-state index contributed by atoms with van der Waals surface area (Å²) in [6, 6.07) is 5.07. The van der Waals surface area contributed by atoms with Crippen molar-refractivity contribution in [1.82, 2.24) is 10.3 Å². The third kappa shape index (κ3) is 3.23. The molecule has 1 fully saturated rings. The van der Waals surface area contributed by atoms with Gasteiger partial charge in [0.15, 0.2) is 9.84 Å². The largest absolute Gasteiger partial charge is 0.373 e. The number of sulfone groups is 1. The van der Waals surface area contributed by atoms with Gasteiger partial charge in [0.05, 0.1) is 11.0 Å². The first-order chi connectivity index (χ1) is 9.03. The molecule has 2 rings (SSSR count). The molecule has 2 heterocycles. The van der Waals surface area contributed by atoms with Crippen molar-refractivity contribution < 1.29 is 13.2 Å². The quantitative estimate of drug-likeness (QED) is 0.836. The lowest BCUT2D eigenvalue weighted by Gasteiger charge is -2.10. The van der Waals surface area contributed by atoms with Crippen LogP contribution in [0.1, 0.15) is 23.3 Å². The molecule has 1 aliphatic rings. The van der Waals surface area contributed by atoms with Gasteiger partial charge in [0.25, 0.3) is 5.91 Å². The molecule has 2 N–H and O–H groups in total. The Labute approximate surface area is 112 Å². The maximum atomic E-state index is 11.9. The molecule has 1 saturated heterocycles. The van der Waals surface area contributed by atoms with Crippen LogP contribution >= 0.6 is 0 Å². The molecule has 0 bridgehead atoms. The minimum atomic E-state index is -3.03. The zero-order chi connectivity index (χ0) is 13.9. The number of carbonyl (C=O) groups is 1. The SMILES string of the molecule is CNc1cccc(C(=O)NCC2CCCS2(=O)=O)n1. The summed E-state index contributed by atoms with van der Waals surface area (Å²) in [5.74, 6) is 0.474. The van der Waals surface area contributed by atoms with Crippen molar-refractivity contribution in [3.63, 3.8) is 0 Å². The smallest absolute Gasteiger partial charge is 0.270 e. The third-order valence-electron chi connectivity index (χ3n) is 3.19. The molecule has 1 aromatic heterocycles. The maximum Gasteiger partial charge on any atom is 0.270 e. The van der Waals surface area contributed by atoms with Crippen LogP contribution in [0.25, 0.3) is 0 Å². The number of pyridine rings is 1. The monoisotopic (exact) mass is 283 g/mol. The highest BCUT2D eigenvalue weighted by Crippen LogP contribution is 2.19. The summed E-state index contributed by atoms with van der Waals surface area (Å²) in [6.45, 7) is 0.159. The van der Waals surface area contributed by atoms with Crippen molar-refractivity contribution in [2.45, 2.75) is 18.1 Å². The minimum absolute atomic E-state index is 0.159. The Kier molecular flexibility index (Phi) is 4.04. The van der Waals surface area contributed by atoms with Crippen LogP contribution in [0.15, 0.2) is 18.2 Å². The Morgan fingerprint density at radius 1 is 1.47 bits per heavy atom. The van der Waals surface area contributed by atoms with Gasteiger partial charge in [-0.25, -0.2) is 13.4 Å². The van der Waals surface area contributed by atoms with E-state index in [0.717, 1.165) is 0 Å². The topological polar surface area (TPSA) is 88.2 Å². The molecular formula is C12H17N3O3S. The van der Waals surface area contributed by atoms with E-state index in [9.17, 15) is 13.2 Å². The molecule has 19 heavy (non-hydrogen) atoms. The fourth-order valence-electron chi connectivity index (χ4n) is 2.08. The van der Waals surface area contributed by atoms with Gasteiger partial charge >= 0.3 is 0 Å². The summed E-state index contributed by atoms with van der Waals surface area (Å²) in [6.07, 6.45) is 1.29. The van der Waals surface area contributed by atoms with E-state index in [1.165, 1.54) is 0 Å². The molecule has 0 radical (unpaired) electrons. The summed E-state index contributed by atoms with van der Waals surface area (Å²) in [5, 5.41) is 5.03. The summed E-state index contributed by atoms with van der Waals surface area (Å²) in [5.41, 5.74) is 0.280. The van der Waals surface area contributed by atoms with E-state index in [1.807, 2.05) is 0 Å². The fraction of sp³-hybridized carbons (Fsp3) is 0.500. The van der Waals surface area contributed by atoms with Gasteiger partial charge in [-0.05, 0) is 25.0 Å². The van der Waals surface area contributed by atoms with Gasteiger partial charge in [0.1, 0.15) is 11.5 Å². The highest BCUT2D eigenvalue weighted by atomic mass is 32.2. The van der Waals surface area contributed by atoms with Crippen LogP contribution in [-0.2, 0) is 9.84 Å². The highest BCUT2D eigenvalue weighted by molar-refractivity contribution is 7.92. The van der Waals surface area contributed by atoms with Crippen LogP contribution in [0.2, 0.25) is 0 Å². The molecule has 0 spiro atoms. The average Bonchev–Trinajstić information content (AvgIpc) is 2.75. The molecule has 6 nitrogen and oxygen atoms in total. The Balaban J connectivity index is 1.98. The molecule has 1 amide bonds. The highest BCUT2D eigenvalue weighted by Gasteiger charge is 2.31. The van der Waals surface area contributed by atoms with Crippen molar-refractivity contribution in [2.24, 2.45) is 0 Å². The summed E-state index contributed by atoms with van der Waals surface area (Å²) < 4.78 is 23.3. The second kappa shape index (κ2) is 5.56. The van der Waals surface area contributed by atoms with Gasteiger partial charge in [-0.1, -0.05) is 6.07 Å². The van der Waals surface area contributed by atoms with Crippen molar-refractivity contribution in [2.75, 3.05) is 24.7 Å². The number of nitrogens with zero attached hydrogens (tertiary/aromatic N) is 1. The van der Waals surface area contributed by atoms with Crippen LogP contribution in [0.4, 0.5) is 5.82 Å². The second-order valence-corrected chi connectivity index (χ2v) is 6.90. The number of carbonyl (C=O) groups excluding carboxylic acids is 1. The van der Waals surface area contributed by atoms with Crippen molar-refractivity contribution in [3.8, 4) is 0 Å². The van der Waals surface area contributed by atoms with Crippen molar-refractivity contribution in [3.05, 3.63) is 23.9 Å². The number of hydrogen-bond acceptors (Lipinski definition) is 5. The van der Waals surface area contributed by atoms with Gasteiger partial charge < -0.3 is 10.6 Å². The molecule has 7 heteroatoms. The lowest BCUT2D eigenvalue weighted by atomic mass is 10.2. The summed E-state index contributed by atoms with van der Waals surface area (Å²) >= 11 is 0. The van der Waals surface area contributed by atoms with E-state index >= 15 is 0 Å². The number of hydrogen-bond donors (Lipinski definition) is 2. The number of amides is 1. The van der Waals surface area contributed by atoms with E-state index in [2.05, 4.69) is 15.6 Å². The number of nitrogens with one attached hydrogen (secondary N) is 2. The lowest BCUT2D eigenvalue weighted by Crippen LogP contribution is -2.35. The molecule has 1 aromatic rings. The number of aromatic nitrogens is 1. The van der Waals surface area contributed by atoms with Gasteiger partial charge in [-0.2, -0.15) is 0 Å². The fourth-order valence-corrected chi connectivity index (χ4v) is 3.85. The predicted octanol–water partition coefficient (Wildman–Crippen LogP) is 0.430. The standard InChI is InChI=1S/C12H17N3O3S/c1-13-11-6-2-5-10(15-11)12(16)14-8-9-4-3-7-19(9,17)18/h2,5-6,9H,3-4,7-8H2,1H3,(H,13,15)(H,14,16). The number of rotatable bonds is 4.